The number of nitrogens with one attached hydrogen (secondary N) is 2. The van der Waals surface area contributed by atoms with Gasteiger partial charge in [-0.15, -0.1) is 12.4 Å². The van der Waals surface area contributed by atoms with Gasteiger partial charge in [0.25, 0.3) is 0 Å². The molecule has 0 heterocycles. The van der Waals surface area contributed by atoms with Gasteiger partial charge in [0.05, 0.1) is 16.5 Å². The van der Waals surface area contributed by atoms with Crippen molar-refractivity contribution >= 4 is 28.3 Å². The fraction of sp³-hybridized carbons (Fsp3) is 0.533. The van der Waals surface area contributed by atoms with Crippen molar-refractivity contribution in [1.82, 2.24) is 10.0 Å². The lowest BCUT2D eigenvalue weighted by atomic mass is 9.97. The number of rotatable bonds is 5. The molecular formula is C15H24ClN3O3S. The van der Waals surface area contributed by atoms with E-state index in [4.69, 9.17) is 5.73 Å². The molecule has 1 saturated carbocycles. The molecule has 1 aliphatic rings. The SMILES string of the molecule is CNS(=O)(=O)c1cccc(C(C)NC(=O)C2(N)CCCC2)c1.Cl. The summed E-state index contributed by atoms with van der Waals surface area (Å²) in [6.45, 7) is 1.82. The highest BCUT2D eigenvalue weighted by Gasteiger charge is 2.37. The van der Waals surface area contributed by atoms with Crippen molar-refractivity contribution in [2.75, 3.05) is 7.05 Å². The summed E-state index contributed by atoms with van der Waals surface area (Å²) in [6, 6.07) is 6.23. The normalized spacial score (nSPS) is 18.0. The highest BCUT2D eigenvalue weighted by Crippen LogP contribution is 2.28. The van der Waals surface area contributed by atoms with E-state index in [-0.39, 0.29) is 29.3 Å². The molecule has 8 heteroatoms. The molecule has 4 N–H and O–H groups in total. The van der Waals surface area contributed by atoms with Gasteiger partial charge >= 0.3 is 0 Å². The maximum Gasteiger partial charge on any atom is 0.240 e. The Hall–Kier alpha value is -1.15. The van der Waals surface area contributed by atoms with Crippen LogP contribution in [0.25, 0.3) is 0 Å². The fourth-order valence-electron chi connectivity index (χ4n) is 2.73. The predicted octanol–water partition coefficient (Wildman–Crippen LogP) is 1.47. The first-order valence-electron chi connectivity index (χ1n) is 7.42. The van der Waals surface area contributed by atoms with Crippen molar-refractivity contribution < 1.29 is 13.2 Å². The van der Waals surface area contributed by atoms with Gasteiger partial charge in [0.1, 0.15) is 0 Å². The lowest BCUT2D eigenvalue weighted by molar-refractivity contribution is -0.126. The number of amides is 1. The standard InChI is InChI=1S/C15H23N3O3S.ClH/c1-11(18-14(19)15(16)8-3-4-9-15)12-6-5-7-13(10-12)22(20,21)17-2;/h5-7,10-11,17H,3-4,8-9,16H2,1-2H3,(H,18,19);1H. The van der Waals surface area contributed by atoms with Crippen LogP contribution in [0.5, 0.6) is 0 Å². The van der Waals surface area contributed by atoms with Gasteiger partial charge in [0.2, 0.25) is 15.9 Å². The second kappa shape index (κ2) is 7.61. The molecule has 130 valence electrons. The van der Waals surface area contributed by atoms with Crippen LogP contribution in [-0.4, -0.2) is 26.9 Å². The molecular weight excluding hydrogens is 338 g/mol. The van der Waals surface area contributed by atoms with E-state index in [0.29, 0.717) is 12.8 Å². The van der Waals surface area contributed by atoms with E-state index in [1.165, 1.54) is 13.1 Å². The summed E-state index contributed by atoms with van der Waals surface area (Å²) in [7, 11) is -2.13. The van der Waals surface area contributed by atoms with Crippen LogP contribution < -0.4 is 15.8 Å². The minimum absolute atomic E-state index is 0. The van der Waals surface area contributed by atoms with Crippen LogP contribution in [0.1, 0.15) is 44.2 Å². The van der Waals surface area contributed by atoms with Crippen LogP contribution >= 0.6 is 12.4 Å². The molecule has 1 amide bonds. The minimum atomic E-state index is -3.50. The Labute approximate surface area is 143 Å². The summed E-state index contributed by atoms with van der Waals surface area (Å²) in [5.41, 5.74) is 6.07. The van der Waals surface area contributed by atoms with E-state index in [2.05, 4.69) is 10.0 Å². The summed E-state index contributed by atoms with van der Waals surface area (Å²) in [4.78, 5) is 12.5. The van der Waals surface area contributed by atoms with Crippen LogP contribution in [0, 0.1) is 0 Å². The van der Waals surface area contributed by atoms with Crippen molar-refractivity contribution in [3.8, 4) is 0 Å². The molecule has 1 fully saturated rings. The van der Waals surface area contributed by atoms with Crippen molar-refractivity contribution in [3.63, 3.8) is 0 Å². The number of nitrogens with two attached hydrogens (primary N) is 1. The number of sulfonamides is 1. The number of hydrogen-bond donors (Lipinski definition) is 3. The van der Waals surface area contributed by atoms with Crippen molar-refractivity contribution in [2.24, 2.45) is 5.73 Å². The van der Waals surface area contributed by atoms with Gasteiger partial charge in [-0.05, 0) is 44.5 Å². The third-order valence-corrected chi connectivity index (χ3v) is 5.64. The molecule has 1 atom stereocenters. The Morgan fingerprint density at radius 1 is 1.30 bits per heavy atom. The molecule has 1 aliphatic carbocycles. The molecule has 0 aromatic heterocycles. The summed E-state index contributed by atoms with van der Waals surface area (Å²) in [6.07, 6.45) is 3.32. The second-order valence-corrected chi connectivity index (χ2v) is 7.72. The third kappa shape index (κ3) is 4.44. The topological polar surface area (TPSA) is 101 Å². The zero-order chi connectivity index (χ0) is 16.4. The largest absolute Gasteiger partial charge is 0.348 e. The molecule has 1 aromatic carbocycles. The van der Waals surface area contributed by atoms with Crippen molar-refractivity contribution in [1.29, 1.82) is 0 Å². The van der Waals surface area contributed by atoms with Crippen LogP contribution in [-0.2, 0) is 14.8 Å². The van der Waals surface area contributed by atoms with Gasteiger partial charge in [-0.3, -0.25) is 4.79 Å². The van der Waals surface area contributed by atoms with Gasteiger partial charge in [-0.2, -0.15) is 0 Å². The summed E-state index contributed by atoms with van der Waals surface area (Å²) >= 11 is 0. The van der Waals surface area contributed by atoms with Crippen molar-refractivity contribution in [2.45, 2.75) is 49.1 Å². The Balaban J connectivity index is 0.00000264. The number of carbonyl (C=O) groups is 1. The van der Waals surface area contributed by atoms with Crippen LogP contribution in [0.4, 0.5) is 0 Å². The predicted molar refractivity (Wildman–Crippen MR) is 91.9 cm³/mol. The van der Waals surface area contributed by atoms with Gasteiger partial charge in [0.15, 0.2) is 0 Å². The second-order valence-electron chi connectivity index (χ2n) is 5.84. The average Bonchev–Trinajstić information content (AvgIpc) is 2.95. The van der Waals surface area contributed by atoms with E-state index < -0.39 is 15.6 Å². The highest BCUT2D eigenvalue weighted by molar-refractivity contribution is 7.89. The molecule has 0 bridgehead atoms. The average molecular weight is 362 g/mol. The van der Waals surface area contributed by atoms with Gasteiger partial charge in [-0.25, -0.2) is 13.1 Å². The van der Waals surface area contributed by atoms with E-state index in [0.717, 1.165) is 18.4 Å². The van der Waals surface area contributed by atoms with E-state index >= 15 is 0 Å². The number of benzene rings is 1. The third-order valence-electron chi connectivity index (χ3n) is 4.23. The van der Waals surface area contributed by atoms with E-state index in [1.54, 1.807) is 18.2 Å². The summed E-state index contributed by atoms with van der Waals surface area (Å²) in [5, 5.41) is 2.90. The molecule has 0 aliphatic heterocycles. The molecule has 0 radical (unpaired) electrons. The quantitative estimate of drug-likeness (QED) is 0.739. The Kier molecular flexibility index (Phi) is 6.59. The van der Waals surface area contributed by atoms with Crippen LogP contribution in [0.2, 0.25) is 0 Å². The number of hydrogen-bond acceptors (Lipinski definition) is 4. The summed E-state index contributed by atoms with van der Waals surface area (Å²) < 4.78 is 26.0. The minimum Gasteiger partial charge on any atom is -0.348 e. The Morgan fingerprint density at radius 3 is 2.48 bits per heavy atom. The monoisotopic (exact) mass is 361 g/mol. The van der Waals surface area contributed by atoms with Gasteiger partial charge in [-0.1, -0.05) is 25.0 Å². The van der Waals surface area contributed by atoms with E-state index in [1.807, 2.05) is 6.92 Å². The zero-order valence-electron chi connectivity index (χ0n) is 13.3. The van der Waals surface area contributed by atoms with Gasteiger partial charge < -0.3 is 11.1 Å². The first-order valence-corrected chi connectivity index (χ1v) is 8.90. The number of carbonyl (C=O) groups excluding carboxylic acids is 1. The Morgan fingerprint density at radius 2 is 1.91 bits per heavy atom. The molecule has 1 unspecified atom stereocenters. The van der Waals surface area contributed by atoms with Crippen LogP contribution in [0.3, 0.4) is 0 Å². The molecule has 23 heavy (non-hydrogen) atoms. The molecule has 0 spiro atoms. The molecule has 1 aromatic rings. The zero-order valence-corrected chi connectivity index (χ0v) is 15.0. The highest BCUT2D eigenvalue weighted by atomic mass is 35.5. The maximum atomic E-state index is 12.3. The Bertz CT molecular complexity index is 658. The lowest BCUT2D eigenvalue weighted by Crippen LogP contribution is -2.52. The smallest absolute Gasteiger partial charge is 0.240 e. The molecule has 2 rings (SSSR count). The lowest BCUT2D eigenvalue weighted by Gasteiger charge is -2.25. The molecule has 0 saturated heterocycles. The summed E-state index contributed by atoms with van der Waals surface area (Å²) in [5.74, 6) is -0.167. The first-order chi connectivity index (χ1) is 10.3. The van der Waals surface area contributed by atoms with Crippen molar-refractivity contribution in [3.05, 3.63) is 29.8 Å². The van der Waals surface area contributed by atoms with Gasteiger partial charge in [0, 0.05) is 0 Å². The molecule has 6 nitrogen and oxygen atoms in total. The van der Waals surface area contributed by atoms with Crippen LogP contribution in [0.15, 0.2) is 29.2 Å². The van der Waals surface area contributed by atoms with E-state index in [9.17, 15) is 13.2 Å². The fourth-order valence-corrected chi connectivity index (χ4v) is 3.51. The maximum absolute atomic E-state index is 12.3. The first kappa shape index (κ1) is 19.9. The number of halogens is 1.